The van der Waals surface area contributed by atoms with Gasteiger partial charge >= 0.3 is 6.09 Å². The van der Waals surface area contributed by atoms with Crippen LogP contribution >= 0.6 is 0 Å². The van der Waals surface area contributed by atoms with Crippen molar-refractivity contribution < 1.29 is 14.3 Å². The summed E-state index contributed by atoms with van der Waals surface area (Å²) in [5.74, 6) is -0.153. The van der Waals surface area contributed by atoms with Gasteiger partial charge in [0.2, 0.25) is 5.91 Å². The molecule has 0 aliphatic carbocycles. The van der Waals surface area contributed by atoms with Crippen LogP contribution in [-0.4, -0.2) is 54.7 Å². The highest BCUT2D eigenvalue weighted by atomic mass is 16.6. The molecule has 1 aliphatic rings. The van der Waals surface area contributed by atoms with E-state index in [1.165, 1.54) is 12.8 Å². The first-order valence-corrected chi connectivity index (χ1v) is 8.18. The average Bonchev–Trinajstić information content (AvgIpc) is 2.86. The monoisotopic (exact) mass is 313 g/mol. The zero-order valence-corrected chi connectivity index (χ0v) is 14.6. The summed E-state index contributed by atoms with van der Waals surface area (Å²) < 4.78 is 5.22. The maximum absolute atomic E-state index is 12.3. The van der Waals surface area contributed by atoms with E-state index in [2.05, 4.69) is 15.5 Å². The Labute approximate surface area is 134 Å². The van der Waals surface area contributed by atoms with Crippen LogP contribution in [-0.2, 0) is 9.53 Å². The molecule has 0 spiro atoms. The molecule has 0 aromatic rings. The van der Waals surface area contributed by atoms with E-state index in [9.17, 15) is 9.59 Å². The molecular formula is C16H31N3O3. The largest absolute Gasteiger partial charge is 0.444 e. The molecule has 22 heavy (non-hydrogen) atoms. The molecule has 6 nitrogen and oxygen atoms in total. The first-order chi connectivity index (χ1) is 10.2. The van der Waals surface area contributed by atoms with Crippen molar-refractivity contribution in [1.82, 2.24) is 15.5 Å². The maximum Gasteiger partial charge on any atom is 0.408 e. The molecule has 2 N–H and O–H groups in total. The van der Waals surface area contributed by atoms with Crippen LogP contribution in [0.1, 0.15) is 47.5 Å². The summed E-state index contributed by atoms with van der Waals surface area (Å²) in [6.07, 6.45) is 1.92. The molecule has 2 amide bonds. The van der Waals surface area contributed by atoms with Crippen molar-refractivity contribution in [3.63, 3.8) is 0 Å². The van der Waals surface area contributed by atoms with Gasteiger partial charge in [-0.05, 0) is 52.6 Å². The van der Waals surface area contributed by atoms with Gasteiger partial charge in [0.25, 0.3) is 0 Å². The van der Waals surface area contributed by atoms with Crippen molar-refractivity contribution in [2.24, 2.45) is 5.92 Å². The number of ether oxygens (including phenoxy) is 1. The molecule has 1 heterocycles. The SMILES string of the molecule is CC(C)[C@H](NC(=O)OC(C)(C)C)C(=O)NCCN1CCCC1. The lowest BCUT2D eigenvalue weighted by Crippen LogP contribution is -2.51. The Hall–Kier alpha value is -1.30. The molecule has 128 valence electrons. The lowest BCUT2D eigenvalue weighted by atomic mass is 10.0. The average molecular weight is 313 g/mol. The summed E-state index contributed by atoms with van der Waals surface area (Å²) in [4.78, 5) is 26.4. The lowest BCUT2D eigenvalue weighted by molar-refractivity contribution is -0.124. The van der Waals surface area contributed by atoms with Crippen molar-refractivity contribution in [2.75, 3.05) is 26.2 Å². The summed E-state index contributed by atoms with van der Waals surface area (Å²) in [7, 11) is 0. The highest BCUT2D eigenvalue weighted by molar-refractivity contribution is 5.85. The smallest absolute Gasteiger partial charge is 0.408 e. The van der Waals surface area contributed by atoms with Crippen molar-refractivity contribution >= 4 is 12.0 Å². The van der Waals surface area contributed by atoms with Gasteiger partial charge in [0.15, 0.2) is 0 Å². The fourth-order valence-corrected chi connectivity index (χ4v) is 2.42. The Kier molecular flexibility index (Phi) is 7.13. The molecule has 0 unspecified atom stereocenters. The number of hydrogen-bond donors (Lipinski definition) is 2. The third kappa shape index (κ3) is 7.11. The minimum Gasteiger partial charge on any atom is -0.444 e. The molecule has 1 atom stereocenters. The van der Waals surface area contributed by atoms with Crippen LogP contribution < -0.4 is 10.6 Å². The van der Waals surface area contributed by atoms with Gasteiger partial charge in [-0.3, -0.25) is 4.79 Å². The van der Waals surface area contributed by atoms with Gasteiger partial charge < -0.3 is 20.3 Å². The third-order valence-electron chi connectivity index (χ3n) is 3.55. The fourth-order valence-electron chi connectivity index (χ4n) is 2.42. The third-order valence-corrected chi connectivity index (χ3v) is 3.55. The van der Waals surface area contributed by atoms with Crippen LogP contribution in [0.15, 0.2) is 0 Å². The Morgan fingerprint density at radius 2 is 1.77 bits per heavy atom. The van der Waals surface area contributed by atoms with Crippen LogP contribution in [0, 0.1) is 5.92 Å². The van der Waals surface area contributed by atoms with Gasteiger partial charge in [-0.2, -0.15) is 0 Å². The van der Waals surface area contributed by atoms with E-state index < -0.39 is 17.7 Å². The number of carbonyl (C=O) groups is 2. The molecule has 0 saturated carbocycles. The van der Waals surface area contributed by atoms with Crippen LogP contribution in [0.25, 0.3) is 0 Å². The topological polar surface area (TPSA) is 70.7 Å². The van der Waals surface area contributed by atoms with Gasteiger partial charge in [0.1, 0.15) is 11.6 Å². The van der Waals surface area contributed by atoms with Crippen LogP contribution in [0.2, 0.25) is 0 Å². The van der Waals surface area contributed by atoms with E-state index in [0.717, 1.165) is 19.6 Å². The summed E-state index contributed by atoms with van der Waals surface area (Å²) in [5, 5.41) is 5.57. The molecule has 6 heteroatoms. The highest BCUT2D eigenvalue weighted by Gasteiger charge is 2.26. The number of rotatable bonds is 6. The van der Waals surface area contributed by atoms with Crippen LogP contribution in [0.4, 0.5) is 4.79 Å². The van der Waals surface area contributed by atoms with Gasteiger partial charge in [-0.25, -0.2) is 4.79 Å². The maximum atomic E-state index is 12.3. The second-order valence-electron chi connectivity index (χ2n) is 7.21. The predicted molar refractivity (Wildman–Crippen MR) is 86.7 cm³/mol. The minimum absolute atomic E-state index is 0.000643. The van der Waals surface area contributed by atoms with Gasteiger partial charge in [0, 0.05) is 13.1 Å². The summed E-state index contributed by atoms with van der Waals surface area (Å²) >= 11 is 0. The summed E-state index contributed by atoms with van der Waals surface area (Å²) in [6.45, 7) is 12.9. The number of nitrogens with zero attached hydrogens (tertiary/aromatic N) is 1. The van der Waals surface area contributed by atoms with Gasteiger partial charge in [0.05, 0.1) is 0 Å². The number of alkyl carbamates (subject to hydrolysis) is 1. The Bertz CT molecular complexity index is 371. The van der Waals surface area contributed by atoms with E-state index in [1.54, 1.807) is 20.8 Å². The number of carbonyl (C=O) groups excluding carboxylic acids is 2. The van der Waals surface area contributed by atoms with E-state index in [1.807, 2.05) is 13.8 Å². The summed E-state index contributed by atoms with van der Waals surface area (Å²) in [6, 6.07) is -0.576. The van der Waals surface area contributed by atoms with E-state index >= 15 is 0 Å². The molecular weight excluding hydrogens is 282 g/mol. The number of nitrogens with one attached hydrogen (secondary N) is 2. The van der Waals surface area contributed by atoms with E-state index in [4.69, 9.17) is 4.74 Å². The van der Waals surface area contributed by atoms with Crippen molar-refractivity contribution in [2.45, 2.75) is 59.1 Å². The molecule has 1 fully saturated rings. The van der Waals surface area contributed by atoms with E-state index in [0.29, 0.717) is 6.54 Å². The quantitative estimate of drug-likeness (QED) is 0.784. The van der Waals surface area contributed by atoms with Gasteiger partial charge in [-0.1, -0.05) is 13.8 Å². The number of likely N-dealkylation sites (tertiary alicyclic amines) is 1. The molecule has 1 saturated heterocycles. The fraction of sp³-hybridized carbons (Fsp3) is 0.875. The zero-order chi connectivity index (χ0) is 16.8. The second-order valence-corrected chi connectivity index (χ2v) is 7.21. The minimum atomic E-state index is -0.576. The Balaban J connectivity index is 2.40. The van der Waals surface area contributed by atoms with Crippen molar-refractivity contribution in [1.29, 1.82) is 0 Å². The first-order valence-electron chi connectivity index (χ1n) is 8.18. The number of amides is 2. The molecule has 1 aliphatic heterocycles. The number of hydrogen-bond acceptors (Lipinski definition) is 4. The van der Waals surface area contributed by atoms with Crippen LogP contribution in [0.3, 0.4) is 0 Å². The van der Waals surface area contributed by atoms with Crippen molar-refractivity contribution in [3.8, 4) is 0 Å². The standard InChI is InChI=1S/C16H31N3O3/c1-12(2)13(18-15(21)22-16(3,4)5)14(20)17-8-11-19-9-6-7-10-19/h12-13H,6-11H2,1-5H3,(H,17,20)(H,18,21)/t13-/m0/s1. The highest BCUT2D eigenvalue weighted by Crippen LogP contribution is 2.09. The molecule has 0 bridgehead atoms. The normalized spacial score (nSPS) is 17.4. The van der Waals surface area contributed by atoms with Crippen LogP contribution in [0.5, 0.6) is 0 Å². The molecule has 0 aromatic carbocycles. The first kappa shape index (κ1) is 18.7. The Morgan fingerprint density at radius 1 is 1.18 bits per heavy atom. The molecule has 0 aromatic heterocycles. The van der Waals surface area contributed by atoms with Gasteiger partial charge in [-0.15, -0.1) is 0 Å². The Morgan fingerprint density at radius 3 is 2.27 bits per heavy atom. The second kappa shape index (κ2) is 8.36. The van der Waals surface area contributed by atoms with Crippen molar-refractivity contribution in [3.05, 3.63) is 0 Å². The zero-order valence-electron chi connectivity index (χ0n) is 14.6. The predicted octanol–water partition coefficient (Wildman–Crippen LogP) is 1.75. The lowest BCUT2D eigenvalue weighted by Gasteiger charge is -2.25. The molecule has 0 radical (unpaired) electrons. The van der Waals surface area contributed by atoms with E-state index in [-0.39, 0.29) is 11.8 Å². The summed E-state index contributed by atoms with van der Waals surface area (Å²) in [5.41, 5.74) is -0.572. The molecule has 1 rings (SSSR count).